The van der Waals surface area contributed by atoms with Crippen molar-refractivity contribution in [2.45, 2.75) is 26.2 Å². The van der Waals surface area contributed by atoms with Crippen molar-refractivity contribution in [3.05, 3.63) is 0 Å². The second-order valence-corrected chi connectivity index (χ2v) is 7.38. The highest BCUT2D eigenvalue weighted by molar-refractivity contribution is 7.75. The zero-order valence-electron chi connectivity index (χ0n) is 7.40. The molecule has 0 nitrogen and oxygen atoms in total. The normalized spacial score (nSPS) is 27.4. The Morgan fingerprint density at radius 2 is 2.00 bits per heavy atom. The van der Waals surface area contributed by atoms with Gasteiger partial charge in [-0.2, -0.15) is 0 Å². The lowest BCUT2D eigenvalue weighted by molar-refractivity contribution is 0.745. The van der Waals surface area contributed by atoms with Gasteiger partial charge in [0.15, 0.2) is 0 Å². The third-order valence-corrected chi connectivity index (χ3v) is 6.31. The van der Waals surface area contributed by atoms with Crippen LogP contribution in [0.2, 0.25) is 0 Å². The van der Waals surface area contributed by atoms with Gasteiger partial charge < -0.3 is 0 Å². The summed E-state index contributed by atoms with van der Waals surface area (Å²) >= 11 is 0. The fourth-order valence-electron chi connectivity index (χ4n) is 1.50. The molecular weight excluding hydrogens is 127 g/mol. The summed E-state index contributed by atoms with van der Waals surface area (Å²) in [5.74, 6) is 0. The van der Waals surface area contributed by atoms with Crippen molar-refractivity contribution in [1.29, 1.82) is 0 Å². The van der Waals surface area contributed by atoms with Crippen LogP contribution in [0.15, 0.2) is 0 Å². The Kier molecular flexibility index (Phi) is 2.06. The Balaban J connectivity index is 2.44. The molecule has 1 rings (SSSR count). The maximum atomic E-state index is 7.49. The van der Waals surface area contributed by atoms with E-state index in [1.165, 1.54) is 37.7 Å². The predicted octanol–water partition coefficient (Wildman–Crippen LogP) is 2.84. The van der Waals surface area contributed by atoms with Crippen molar-refractivity contribution >= 4 is 7.26 Å². The molecule has 1 heterocycles. The van der Waals surface area contributed by atoms with Crippen LogP contribution in [0.5, 0.6) is 0 Å². The first kappa shape index (κ1) is 6.16. The minimum atomic E-state index is -0.685. The van der Waals surface area contributed by atoms with Crippen molar-refractivity contribution in [2.24, 2.45) is 0 Å². The van der Waals surface area contributed by atoms with Crippen molar-refractivity contribution in [2.75, 3.05) is 25.1 Å². The zero-order chi connectivity index (χ0) is 7.45. The predicted molar refractivity (Wildman–Crippen MR) is 47.0 cm³/mol. The van der Waals surface area contributed by atoms with Crippen LogP contribution in [-0.2, 0) is 0 Å². The summed E-state index contributed by atoms with van der Waals surface area (Å²) in [6.45, 7) is 3.05. The van der Waals surface area contributed by atoms with Gasteiger partial charge in [-0.3, -0.25) is 0 Å². The highest BCUT2D eigenvalue weighted by Gasteiger charge is 2.30. The molecule has 9 heavy (non-hydrogen) atoms. The molecule has 0 aliphatic carbocycles. The fourth-order valence-corrected chi connectivity index (χ4v) is 4.14. The lowest BCUT2D eigenvalue weighted by Gasteiger charge is -2.25. The molecule has 0 aromatic rings. The standard InChI is InChI=1S/C8H18P/c1-3-9(2)7-5-4-6-8-9/h3-8H2,1-2H3/q+1/i2D. The van der Waals surface area contributed by atoms with Crippen molar-refractivity contribution < 1.29 is 1.37 Å². The first-order valence-corrected chi connectivity index (χ1v) is 6.50. The lowest BCUT2D eigenvalue weighted by atomic mass is 10.3. The SMILES string of the molecule is [2H]C[P+]1(CC)CCCCC1. The summed E-state index contributed by atoms with van der Waals surface area (Å²) in [7, 11) is -0.685. The van der Waals surface area contributed by atoms with Crippen LogP contribution in [0.25, 0.3) is 0 Å². The number of rotatable bonds is 1. The maximum Gasteiger partial charge on any atom is 0.0672 e. The van der Waals surface area contributed by atoms with Gasteiger partial charge in [-0.15, -0.1) is 0 Å². The molecule has 54 valence electrons. The van der Waals surface area contributed by atoms with E-state index >= 15 is 0 Å². The molecule has 0 N–H and O–H groups in total. The molecule has 0 radical (unpaired) electrons. The van der Waals surface area contributed by atoms with Crippen LogP contribution >= 0.6 is 7.26 Å². The van der Waals surface area contributed by atoms with Crippen molar-refractivity contribution in [3.63, 3.8) is 0 Å². The molecular formula is C8H18P+. The minimum Gasteiger partial charge on any atom is -0.0464 e. The minimum absolute atomic E-state index is 0.685. The average Bonchev–Trinajstić information content (AvgIpc) is 2.06. The van der Waals surface area contributed by atoms with Gasteiger partial charge in [0, 0.05) is 13.9 Å². The first-order valence-electron chi connectivity index (χ1n) is 4.68. The summed E-state index contributed by atoms with van der Waals surface area (Å²) in [5, 5.41) is 0. The molecule has 0 atom stereocenters. The molecule has 1 aliphatic heterocycles. The molecule has 0 unspecified atom stereocenters. The summed E-state index contributed by atoms with van der Waals surface area (Å²) in [6.07, 6.45) is 8.44. The van der Waals surface area contributed by atoms with Crippen LogP contribution in [-0.4, -0.2) is 25.1 Å². The maximum absolute atomic E-state index is 7.49. The van der Waals surface area contributed by atoms with E-state index in [4.69, 9.17) is 1.37 Å². The second-order valence-electron chi connectivity index (χ2n) is 3.17. The van der Waals surface area contributed by atoms with Crippen LogP contribution in [0.1, 0.15) is 27.6 Å². The van der Waals surface area contributed by atoms with Gasteiger partial charge in [0.25, 0.3) is 0 Å². The smallest absolute Gasteiger partial charge is 0.0464 e. The van der Waals surface area contributed by atoms with E-state index in [0.717, 1.165) is 6.64 Å². The highest BCUT2D eigenvalue weighted by Crippen LogP contribution is 2.58. The average molecular weight is 146 g/mol. The topological polar surface area (TPSA) is 0 Å². The van der Waals surface area contributed by atoms with Gasteiger partial charge in [0.2, 0.25) is 0 Å². The fraction of sp³-hybridized carbons (Fsp3) is 1.00. The second kappa shape index (κ2) is 3.01. The monoisotopic (exact) mass is 146 g/mol. The van der Waals surface area contributed by atoms with E-state index in [-0.39, 0.29) is 0 Å². The summed E-state index contributed by atoms with van der Waals surface area (Å²) in [6, 6.07) is 0. The largest absolute Gasteiger partial charge is 0.0672 e. The van der Waals surface area contributed by atoms with Crippen molar-refractivity contribution in [3.8, 4) is 0 Å². The molecule has 1 heteroatoms. The Morgan fingerprint density at radius 3 is 2.33 bits per heavy atom. The van der Waals surface area contributed by atoms with Gasteiger partial charge in [-0.05, 0) is 26.2 Å². The van der Waals surface area contributed by atoms with Gasteiger partial charge in [-0.1, -0.05) is 0 Å². The summed E-state index contributed by atoms with van der Waals surface area (Å²) in [5.41, 5.74) is 0. The Morgan fingerprint density at radius 1 is 1.33 bits per heavy atom. The van der Waals surface area contributed by atoms with Crippen LogP contribution in [0, 0.1) is 0 Å². The van der Waals surface area contributed by atoms with Gasteiger partial charge in [0.05, 0.1) is 19.9 Å². The zero-order valence-corrected chi connectivity index (χ0v) is 7.29. The lowest BCUT2D eigenvalue weighted by Crippen LogP contribution is -2.09. The van der Waals surface area contributed by atoms with E-state index in [1.807, 2.05) is 0 Å². The molecule has 1 saturated heterocycles. The molecule has 1 aliphatic rings. The molecule has 0 spiro atoms. The van der Waals surface area contributed by atoms with Gasteiger partial charge in [0.1, 0.15) is 0 Å². The molecule has 0 saturated carbocycles. The molecule has 0 aromatic heterocycles. The number of hydrogen-bond acceptors (Lipinski definition) is 0. The van der Waals surface area contributed by atoms with E-state index in [1.54, 1.807) is 0 Å². The van der Waals surface area contributed by atoms with Crippen LogP contribution < -0.4 is 0 Å². The van der Waals surface area contributed by atoms with E-state index in [2.05, 4.69) is 6.92 Å². The molecule has 0 bridgehead atoms. The van der Waals surface area contributed by atoms with E-state index < -0.39 is 7.26 Å². The third-order valence-electron chi connectivity index (χ3n) is 2.44. The Labute approximate surface area is 60.8 Å². The van der Waals surface area contributed by atoms with Gasteiger partial charge >= 0.3 is 0 Å². The molecule has 1 fully saturated rings. The third kappa shape index (κ3) is 1.93. The van der Waals surface area contributed by atoms with E-state index in [9.17, 15) is 0 Å². The van der Waals surface area contributed by atoms with Gasteiger partial charge in [-0.25, -0.2) is 0 Å². The summed E-state index contributed by atoms with van der Waals surface area (Å²) in [4.78, 5) is 0. The Bertz CT molecular complexity index is 91.4. The quantitative estimate of drug-likeness (QED) is 0.499. The van der Waals surface area contributed by atoms with Crippen LogP contribution in [0.4, 0.5) is 0 Å². The first-order chi connectivity index (χ1) is 4.83. The number of hydrogen-bond donors (Lipinski definition) is 0. The highest BCUT2D eigenvalue weighted by atomic mass is 31.2. The molecule has 0 aromatic carbocycles. The van der Waals surface area contributed by atoms with Crippen molar-refractivity contribution in [1.82, 2.24) is 0 Å². The van der Waals surface area contributed by atoms with Crippen LogP contribution in [0.3, 0.4) is 0 Å². The van der Waals surface area contributed by atoms with E-state index in [0.29, 0.717) is 0 Å². The Hall–Kier alpha value is 0.430. The summed E-state index contributed by atoms with van der Waals surface area (Å²) < 4.78 is 7.49. The molecule has 0 amide bonds.